The van der Waals surface area contributed by atoms with Crippen LogP contribution < -0.4 is 14.8 Å². The van der Waals surface area contributed by atoms with Gasteiger partial charge in [0.15, 0.2) is 0 Å². The molecule has 0 unspecified atom stereocenters. The lowest BCUT2D eigenvalue weighted by Crippen LogP contribution is -2.25. The summed E-state index contributed by atoms with van der Waals surface area (Å²) in [5, 5.41) is 2.76. The van der Waals surface area contributed by atoms with Crippen molar-refractivity contribution in [2.75, 3.05) is 12.4 Å². The zero-order chi connectivity index (χ0) is 18.6. The molecule has 0 radical (unpaired) electrons. The van der Waals surface area contributed by atoms with Gasteiger partial charge in [-0.05, 0) is 55.2 Å². The van der Waals surface area contributed by atoms with E-state index < -0.39 is 10.0 Å². The van der Waals surface area contributed by atoms with Crippen molar-refractivity contribution in [2.24, 2.45) is 0 Å². The number of methoxy groups -OCH3 is 1. The number of carbonyl (C=O) groups is 1. The second-order valence-corrected chi connectivity index (χ2v) is 8.03. The van der Waals surface area contributed by atoms with E-state index in [1.807, 2.05) is 24.3 Å². The highest BCUT2D eigenvalue weighted by Gasteiger charge is 2.28. The van der Waals surface area contributed by atoms with Crippen molar-refractivity contribution in [3.63, 3.8) is 0 Å². The molecule has 7 heteroatoms. The molecule has 0 bridgehead atoms. The minimum absolute atomic E-state index is 0.0442. The number of nitrogens with one attached hydrogen (secondary N) is 2. The number of aryl methyl sites for hydroxylation is 1. The summed E-state index contributed by atoms with van der Waals surface area (Å²) < 4.78 is 32.2. The average molecular weight is 374 g/mol. The van der Waals surface area contributed by atoms with Crippen molar-refractivity contribution < 1.29 is 17.9 Å². The maximum Gasteiger partial charge on any atom is 0.240 e. The first kappa shape index (κ1) is 18.4. The number of sulfonamides is 1. The topological polar surface area (TPSA) is 84.5 Å². The summed E-state index contributed by atoms with van der Waals surface area (Å²) in [5.74, 6) is 0.613. The van der Waals surface area contributed by atoms with Crippen LogP contribution in [-0.4, -0.2) is 27.5 Å². The SMILES string of the molecule is COc1ccc(CCC(=O)Nc2cccc(S(=O)(=O)NC3CC3)c2)cc1. The van der Waals surface area contributed by atoms with E-state index in [0.29, 0.717) is 18.5 Å². The van der Waals surface area contributed by atoms with E-state index in [-0.39, 0.29) is 16.8 Å². The van der Waals surface area contributed by atoms with Gasteiger partial charge >= 0.3 is 0 Å². The largest absolute Gasteiger partial charge is 0.497 e. The van der Waals surface area contributed by atoms with Gasteiger partial charge in [0, 0.05) is 18.2 Å². The van der Waals surface area contributed by atoms with E-state index in [2.05, 4.69) is 10.0 Å². The van der Waals surface area contributed by atoms with Crippen LogP contribution in [0.3, 0.4) is 0 Å². The molecule has 0 spiro atoms. The van der Waals surface area contributed by atoms with Crippen LogP contribution in [0.1, 0.15) is 24.8 Å². The summed E-state index contributed by atoms with van der Waals surface area (Å²) in [4.78, 5) is 12.3. The molecular formula is C19H22N2O4S. The zero-order valence-electron chi connectivity index (χ0n) is 14.6. The number of rotatable bonds is 8. The molecule has 1 saturated carbocycles. The van der Waals surface area contributed by atoms with Crippen LogP contribution >= 0.6 is 0 Å². The molecule has 0 heterocycles. The smallest absolute Gasteiger partial charge is 0.240 e. The molecular weight excluding hydrogens is 352 g/mol. The zero-order valence-corrected chi connectivity index (χ0v) is 15.4. The highest BCUT2D eigenvalue weighted by atomic mass is 32.2. The molecule has 26 heavy (non-hydrogen) atoms. The van der Waals surface area contributed by atoms with Gasteiger partial charge in [-0.2, -0.15) is 0 Å². The van der Waals surface area contributed by atoms with Crippen molar-refractivity contribution in [1.29, 1.82) is 0 Å². The first-order chi connectivity index (χ1) is 12.5. The summed E-state index contributed by atoms with van der Waals surface area (Å²) in [6.45, 7) is 0. The normalized spacial score (nSPS) is 14.0. The number of benzene rings is 2. The molecule has 0 aromatic heterocycles. The molecule has 0 aliphatic heterocycles. The van der Waals surface area contributed by atoms with Crippen LogP contribution in [0, 0.1) is 0 Å². The third-order valence-corrected chi connectivity index (χ3v) is 5.65. The fourth-order valence-corrected chi connectivity index (χ4v) is 3.85. The van der Waals surface area contributed by atoms with Gasteiger partial charge in [-0.25, -0.2) is 13.1 Å². The average Bonchev–Trinajstić information content (AvgIpc) is 3.44. The first-order valence-corrected chi connectivity index (χ1v) is 10.00. The Labute approximate surface area is 153 Å². The summed E-state index contributed by atoms with van der Waals surface area (Å²) in [6, 6.07) is 13.9. The maximum atomic E-state index is 12.2. The van der Waals surface area contributed by atoms with Gasteiger partial charge < -0.3 is 10.1 Å². The molecule has 138 valence electrons. The summed E-state index contributed by atoms with van der Waals surface area (Å²) in [7, 11) is -1.92. The van der Waals surface area contributed by atoms with Crippen molar-refractivity contribution in [1.82, 2.24) is 4.72 Å². The maximum absolute atomic E-state index is 12.2. The third-order valence-electron chi connectivity index (χ3n) is 4.13. The first-order valence-electron chi connectivity index (χ1n) is 8.51. The monoisotopic (exact) mass is 374 g/mol. The predicted octanol–water partition coefficient (Wildman–Crippen LogP) is 2.71. The highest BCUT2D eigenvalue weighted by molar-refractivity contribution is 7.89. The Balaban J connectivity index is 1.57. The number of hydrogen-bond acceptors (Lipinski definition) is 4. The molecule has 0 atom stereocenters. The van der Waals surface area contributed by atoms with E-state index in [9.17, 15) is 13.2 Å². The highest BCUT2D eigenvalue weighted by Crippen LogP contribution is 2.23. The molecule has 1 aliphatic carbocycles. The fraction of sp³-hybridized carbons (Fsp3) is 0.316. The molecule has 1 fully saturated rings. The van der Waals surface area contributed by atoms with Gasteiger partial charge in [0.2, 0.25) is 15.9 Å². The quantitative estimate of drug-likeness (QED) is 0.744. The van der Waals surface area contributed by atoms with Crippen LogP contribution in [0.2, 0.25) is 0 Å². The number of anilines is 1. The van der Waals surface area contributed by atoms with E-state index in [0.717, 1.165) is 24.2 Å². The number of hydrogen-bond donors (Lipinski definition) is 2. The van der Waals surface area contributed by atoms with E-state index in [1.165, 1.54) is 12.1 Å². The molecule has 1 amide bonds. The van der Waals surface area contributed by atoms with Crippen molar-refractivity contribution in [3.05, 3.63) is 54.1 Å². The van der Waals surface area contributed by atoms with Crippen LogP contribution in [-0.2, 0) is 21.2 Å². The van der Waals surface area contributed by atoms with Gasteiger partial charge in [0.25, 0.3) is 0 Å². The number of carbonyl (C=O) groups excluding carboxylic acids is 1. The Kier molecular flexibility index (Phi) is 5.58. The van der Waals surface area contributed by atoms with Crippen molar-refractivity contribution >= 4 is 21.6 Å². The van der Waals surface area contributed by atoms with Gasteiger partial charge in [0.05, 0.1) is 12.0 Å². The fourth-order valence-electron chi connectivity index (χ4n) is 2.50. The van der Waals surface area contributed by atoms with Gasteiger partial charge in [0.1, 0.15) is 5.75 Å². The molecule has 0 saturated heterocycles. The molecule has 6 nitrogen and oxygen atoms in total. The molecule has 1 aliphatic rings. The van der Waals surface area contributed by atoms with Crippen LogP contribution in [0.4, 0.5) is 5.69 Å². The molecule has 3 rings (SSSR count). The van der Waals surface area contributed by atoms with Gasteiger partial charge in [-0.1, -0.05) is 18.2 Å². The number of ether oxygens (including phenoxy) is 1. The molecule has 2 N–H and O–H groups in total. The van der Waals surface area contributed by atoms with E-state index in [4.69, 9.17) is 4.74 Å². The van der Waals surface area contributed by atoms with Gasteiger partial charge in [-0.15, -0.1) is 0 Å². The summed E-state index contributed by atoms with van der Waals surface area (Å²) in [5.41, 5.74) is 1.51. The van der Waals surface area contributed by atoms with Crippen LogP contribution in [0.15, 0.2) is 53.4 Å². The summed E-state index contributed by atoms with van der Waals surface area (Å²) >= 11 is 0. The van der Waals surface area contributed by atoms with Crippen molar-refractivity contribution in [2.45, 2.75) is 36.6 Å². The minimum atomic E-state index is -3.53. The molecule has 2 aromatic carbocycles. The lowest BCUT2D eigenvalue weighted by molar-refractivity contribution is -0.116. The summed E-state index contributed by atoms with van der Waals surface area (Å²) in [6.07, 6.45) is 2.66. The third kappa shape index (κ3) is 5.06. The van der Waals surface area contributed by atoms with E-state index >= 15 is 0 Å². The Morgan fingerprint density at radius 1 is 1.15 bits per heavy atom. The lowest BCUT2D eigenvalue weighted by Gasteiger charge is -2.09. The predicted molar refractivity (Wildman–Crippen MR) is 99.7 cm³/mol. The Bertz CT molecular complexity index is 875. The lowest BCUT2D eigenvalue weighted by atomic mass is 10.1. The van der Waals surface area contributed by atoms with E-state index in [1.54, 1.807) is 19.2 Å². The van der Waals surface area contributed by atoms with Gasteiger partial charge in [-0.3, -0.25) is 4.79 Å². The molecule has 2 aromatic rings. The Morgan fingerprint density at radius 3 is 2.54 bits per heavy atom. The minimum Gasteiger partial charge on any atom is -0.497 e. The Hall–Kier alpha value is -2.38. The number of amides is 1. The second-order valence-electron chi connectivity index (χ2n) is 6.32. The van der Waals surface area contributed by atoms with Crippen LogP contribution in [0.25, 0.3) is 0 Å². The second kappa shape index (κ2) is 7.88. The Morgan fingerprint density at radius 2 is 1.88 bits per heavy atom. The standard InChI is InChI=1S/C19H22N2O4S/c1-25-17-10-5-14(6-11-17)7-12-19(22)20-16-3-2-4-18(13-16)26(23,24)21-15-8-9-15/h2-6,10-11,13,15,21H,7-9,12H2,1H3,(H,20,22). The van der Waals surface area contributed by atoms with Crippen molar-refractivity contribution in [3.8, 4) is 5.75 Å². The van der Waals surface area contributed by atoms with Crippen LogP contribution in [0.5, 0.6) is 5.75 Å².